The first-order chi connectivity index (χ1) is 14.0. The van der Waals surface area contributed by atoms with Crippen molar-refractivity contribution in [1.82, 2.24) is 5.43 Å². The number of nitrogens with one attached hydrogen (secondary N) is 1. The van der Waals surface area contributed by atoms with Crippen LogP contribution in [0.1, 0.15) is 21.5 Å². The Morgan fingerprint density at radius 2 is 1.79 bits per heavy atom. The van der Waals surface area contributed by atoms with Crippen LogP contribution in [0.25, 0.3) is 0 Å². The lowest BCUT2D eigenvalue weighted by molar-refractivity contribution is 0.0955. The van der Waals surface area contributed by atoms with Gasteiger partial charge in [0.1, 0.15) is 6.61 Å². The number of ether oxygens (including phenoxy) is 2. The van der Waals surface area contributed by atoms with Crippen molar-refractivity contribution in [3.63, 3.8) is 0 Å². The minimum Gasteiger partial charge on any atom is -0.493 e. The molecule has 0 saturated carbocycles. The number of rotatable bonds is 7. The summed E-state index contributed by atoms with van der Waals surface area (Å²) in [6.07, 6.45) is 1.52. The maximum Gasteiger partial charge on any atom is 0.271 e. The van der Waals surface area contributed by atoms with Crippen molar-refractivity contribution in [3.8, 4) is 11.5 Å². The summed E-state index contributed by atoms with van der Waals surface area (Å²) in [7, 11) is 1.56. The molecule has 29 heavy (non-hydrogen) atoms. The van der Waals surface area contributed by atoms with Gasteiger partial charge in [-0.25, -0.2) is 5.43 Å². The number of methoxy groups -OCH3 is 1. The van der Waals surface area contributed by atoms with Crippen LogP contribution in [-0.4, -0.2) is 19.2 Å². The fourth-order valence-corrected chi connectivity index (χ4v) is 2.80. The number of hydrogen-bond donors (Lipinski definition) is 1. The second-order valence-corrected chi connectivity index (χ2v) is 6.91. The van der Waals surface area contributed by atoms with Crippen molar-refractivity contribution in [2.24, 2.45) is 5.10 Å². The van der Waals surface area contributed by atoms with E-state index >= 15 is 0 Å². The van der Waals surface area contributed by atoms with E-state index in [1.54, 1.807) is 43.5 Å². The van der Waals surface area contributed by atoms with Crippen molar-refractivity contribution in [1.29, 1.82) is 0 Å². The van der Waals surface area contributed by atoms with Gasteiger partial charge in [0.15, 0.2) is 11.5 Å². The molecule has 0 aromatic heterocycles. The van der Waals surface area contributed by atoms with Gasteiger partial charge in [-0.2, -0.15) is 5.10 Å². The van der Waals surface area contributed by atoms with Crippen LogP contribution in [0.3, 0.4) is 0 Å². The predicted octanol–water partition coefficient (Wildman–Crippen LogP) is 5.34. The summed E-state index contributed by atoms with van der Waals surface area (Å²) in [4.78, 5) is 12.1. The van der Waals surface area contributed by atoms with E-state index in [9.17, 15) is 4.79 Å². The van der Waals surface area contributed by atoms with Crippen LogP contribution in [0.4, 0.5) is 0 Å². The zero-order chi connectivity index (χ0) is 20.6. The molecule has 5 nitrogen and oxygen atoms in total. The molecule has 0 saturated heterocycles. The number of nitrogens with zero attached hydrogens (tertiary/aromatic N) is 1. The van der Waals surface area contributed by atoms with Gasteiger partial charge in [-0.05, 0) is 59.7 Å². The first-order valence-corrected chi connectivity index (χ1v) is 9.45. The lowest BCUT2D eigenvalue weighted by Gasteiger charge is -2.11. The Morgan fingerprint density at radius 3 is 2.52 bits per heavy atom. The van der Waals surface area contributed by atoms with Gasteiger partial charge in [0, 0.05) is 15.6 Å². The number of benzene rings is 3. The van der Waals surface area contributed by atoms with Crippen molar-refractivity contribution >= 4 is 35.3 Å². The number of halogens is 2. The van der Waals surface area contributed by atoms with Gasteiger partial charge in [-0.3, -0.25) is 4.79 Å². The molecule has 3 aromatic carbocycles. The second-order valence-electron chi connectivity index (χ2n) is 6.03. The van der Waals surface area contributed by atoms with Gasteiger partial charge in [0.25, 0.3) is 5.91 Å². The first kappa shape index (κ1) is 20.7. The first-order valence-electron chi connectivity index (χ1n) is 8.69. The van der Waals surface area contributed by atoms with E-state index in [1.807, 2.05) is 30.3 Å². The Labute approximate surface area is 178 Å². The van der Waals surface area contributed by atoms with Crippen LogP contribution >= 0.6 is 23.2 Å². The quantitative estimate of drug-likeness (QED) is 0.407. The Balaban J connectivity index is 1.62. The number of hydrazone groups is 1. The molecule has 0 fully saturated rings. The highest BCUT2D eigenvalue weighted by atomic mass is 35.5. The lowest BCUT2D eigenvalue weighted by atomic mass is 10.2. The average Bonchev–Trinajstić information content (AvgIpc) is 2.73. The Morgan fingerprint density at radius 1 is 1.00 bits per heavy atom. The third-order valence-electron chi connectivity index (χ3n) is 3.96. The van der Waals surface area contributed by atoms with Gasteiger partial charge in [0.05, 0.1) is 13.3 Å². The van der Waals surface area contributed by atoms with E-state index in [0.29, 0.717) is 33.7 Å². The molecule has 3 aromatic rings. The van der Waals surface area contributed by atoms with Gasteiger partial charge in [-0.15, -0.1) is 0 Å². The summed E-state index contributed by atoms with van der Waals surface area (Å²) in [5, 5.41) is 5.14. The Kier molecular flexibility index (Phi) is 7.11. The van der Waals surface area contributed by atoms with Crippen LogP contribution in [0.15, 0.2) is 71.8 Å². The largest absolute Gasteiger partial charge is 0.493 e. The lowest BCUT2D eigenvalue weighted by Crippen LogP contribution is -2.17. The zero-order valence-corrected chi connectivity index (χ0v) is 17.1. The van der Waals surface area contributed by atoms with Crippen molar-refractivity contribution in [3.05, 3.63) is 93.5 Å². The minimum absolute atomic E-state index is 0.348. The summed E-state index contributed by atoms with van der Waals surface area (Å²) < 4.78 is 11.2. The summed E-state index contributed by atoms with van der Waals surface area (Å²) >= 11 is 11.8. The van der Waals surface area contributed by atoms with E-state index in [1.165, 1.54) is 6.21 Å². The molecule has 0 spiro atoms. The molecule has 0 atom stereocenters. The van der Waals surface area contributed by atoms with Gasteiger partial charge >= 0.3 is 0 Å². The maximum atomic E-state index is 12.1. The standard InChI is InChI=1S/C22H18Cl2N2O3/c1-28-21-11-16(13-25-26-22(27)17-3-2-4-19(24)12-17)7-10-20(21)29-14-15-5-8-18(23)9-6-15/h2-13H,14H2,1H3,(H,26,27)/b25-13+. The molecular weight excluding hydrogens is 411 g/mol. The molecule has 0 heterocycles. The normalized spacial score (nSPS) is 10.7. The third-order valence-corrected chi connectivity index (χ3v) is 4.45. The van der Waals surface area contributed by atoms with E-state index in [2.05, 4.69) is 10.5 Å². The van der Waals surface area contributed by atoms with Crippen molar-refractivity contribution in [2.45, 2.75) is 6.61 Å². The molecule has 0 bridgehead atoms. The smallest absolute Gasteiger partial charge is 0.271 e. The van der Waals surface area contributed by atoms with Crippen LogP contribution in [-0.2, 0) is 6.61 Å². The van der Waals surface area contributed by atoms with E-state index in [-0.39, 0.29) is 5.91 Å². The maximum absolute atomic E-state index is 12.1. The Bertz CT molecular complexity index is 1020. The van der Waals surface area contributed by atoms with Gasteiger partial charge in [-0.1, -0.05) is 41.4 Å². The van der Waals surface area contributed by atoms with Crippen LogP contribution < -0.4 is 14.9 Å². The minimum atomic E-state index is -0.348. The molecule has 1 N–H and O–H groups in total. The van der Waals surface area contributed by atoms with Crippen LogP contribution in [0.5, 0.6) is 11.5 Å². The zero-order valence-electron chi connectivity index (χ0n) is 15.6. The monoisotopic (exact) mass is 428 g/mol. The second kappa shape index (κ2) is 9.96. The molecular formula is C22H18Cl2N2O3. The van der Waals surface area contributed by atoms with Crippen molar-refractivity contribution < 1.29 is 14.3 Å². The molecule has 1 amide bonds. The summed E-state index contributed by atoms with van der Waals surface area (Å²) in [5.74, 6) is 0.810. The average molecular weight is 429 g/mol. The fraction of sp³-hybridized carbons (Fsp3) is 0.0909. The highest BCUT2D eigenvalue weighted by molar-refractivity contribution is 6.31. The Hall–Kier alpha value is -3.02. The molecule has 0 aliphatic rings. The van der Waals surface area contributed by atoms with Gasteiger partial charge < -0.3 is 9.47 Å². The molecule has 0 aliphatic heterocycles. The fourth-order valence-electron chi connectivity index (χ4n) is 2.49. The van der Waals surface area contributed by atoms with Gasteiger partial charge in [0.2, 0.25) is 0 Å². The molecule has 148 valence electrons. The highest BCUT2D eigenvalue weighted by Gasteiger charge is 2.07. The summed E-state index contributed by atoms with van der Waals surface area (Å²) in [6, 6.07) is 19.4. The van der Waals surface area contributed by atoms with Crippen molar-refractivity contribution in [2.75, 3.05) is 7.11 Å². The highest BCUT2D eigenvalue weighted by Crippen LogP contribution is 2.28. The third kappa shape index (κ3) is 5.98. The molecule has 7 heteroatoms. The molecule has 3 rings (SSSR count). The van der Waals surface area contributed by atoms with E-state index in [0.717, 1.165) is 11.1 Å². The molecule has 0 unspecified atom stereocenters. The summed E-state index contributed by atoms with van der Waals surface area (Å²) in [5.41, 5.74) is 4.63. The number of hydrogen-bond acceptors (Lipinski definition) is 4. The van der Waals surface area contributed by atoms with Crippen LogP contribution in [0.2, 0.25) is 10.0 Å². The number of carbonyl (C=O) groups excluding carboxylic acids is 1. The predicted molar refractivity (Wildman–Crippen MR) is 115 cm³/mol. The van der Waals surface area contributed by atoms with E-state index < -0.39 is 0 Å². The van der Waals surface area contributed by atoms with Crippen LogP contribution in [0, 0.1) is 0 Å². The molecule has 0 radical (unpaired) electrons. The topological polar surface area (TPSA) is 59.9 Å². The molecule has 0 aliphatic carbocycles. The number of amides is 1. The SMILES string of the molecule is COc1cc(/C=N/NC(=O)c2cccc(Cl)c2)ccc1OCc1ccc(Cl)cc1. The summed E-state index contributed by atoms with van der Waals surface area (Å²) in [6.45, 7) is 0.386. The van der Waals surface area contributed by atoms with E-state index in [4.69, 9.17) is 32.7 Å². The number of carbonyl (C=O) groups is 1.